The largest absolute Gasteiger partial charge is 0.379 e. The summed E-state index contributed by atoms with van der Waals surface area (Å²) in [5.41, 5.74) is 0.801. The number of hydrogen-bond acceptors (Lipinski definition) is 2. The summed E-state index contributed by atoms with van der Waals surface area (Å²) in [6.07, 6.45) is 26.6. The molecule has 0 heterocycles. The van der Waals surface area contributed by atoms with E-state index >= 15 is 0 Å². The van der Waals surface area contributed by atoms with Gasteiger partial charge >= 0.3 is 0 Å². The fraction of sp³-hybridized carbons (Fsp3) is 0.926. The molecule has 0 aromatic rings. The Morgan fingerprint density at radius 2 is 1.10 bits per heavy atom. The summed E-state index contributed by atoms with van der Waals surface area (Å²) in [5.74, 6) is 2.84. The van der Waals surface area contributed by atoms with Gasteiger partial charge in [-0.15, -0.1) is 0 Å². The molecule has 0 amide bonds. The Hall–Kier alpha value is -0.750. The van der Waals surface area contributed by atoms with Crippen molar-refractivity contribution in [2.75, 3.05) is 6.54 Å². The van der Waals surface area contributed by atoms with Crippen LogP contribution in [-0.4, -0.2) is 12.5 Å². The molecule has 172 valence electrons. The average molecular weight is 408 g/mol. The highest BCUT2D eigenvalue weighted by Crippen LogP contribution is 2.15. The quantitative estimate of drug-likeness (QED) is 0.135. The molecular formula is C27H53NO. The SMILES string of the molecule is CCCCCCCCCCCCCCCCCC(=C=O)NCC(CC)CCCC. The zero-order valence-electron chi connectivity index (χ0n) is 20.3. The zero-order chi connectivity index (χ0) is 21.4. The first-order valence-electron chi connectivity index (χ1n) is 13.3. The van der Waals surface area contributed by atoms with E-state index in [1.807, 2.05) is 0 Å². The first-order chi connectivity index (χ1) is 14.3. The molecule has 0 aliphatic heterocycles. The van der Waals surface area contributed by atoms with Gasteiger partial charge < -0.3 is 5.32 Å². The van der Waals surface area contributed by atoms with E-state index < -0.39 is 0 Å². The van der Waals surface area contributed by atoms with Gasteiger partial charge in [-0.3, -0.25) is 0 Å². The van der Waals surface area contributed by atoms with Crippen LogP contribution in [0.15, 0.2) is 5.70 Å². The van der Waals surface area contributed by atoms with Crippen LogP contribution in [0.3, 0.4) is 0 Å². The summed E-state index contributed by atoms with van der Waals surface area (Å²) in [4.78, 5) is 11.2. The van der Waals surface area contributed by atoms with Crippen LogP contribution in [0, 0.1) is 5.92 Å². The summed E-state index contributed by atoms with van der Waals surface area (Å²) >= 11 is 0. The number of hydrogen-bond donors (Lipinski definition) is 1. The summed E-state index contributed by atoms with van der Waals surface area (Å²) < 4.78 is 0. The van der Waals surface area contributed by atoms with E-state index in [0.717, 1.165) is 25.1 Å². The van der Waals surface area contributed by atoms with Crippen molar-refractivity contribution < 1.29 is 4.79 Å². The highest BCUT2D eigenvalue weighted by molar-refractivity contribution is 5.51. The predicted octanol–water partition coefficient (Wildman–Crippen LogP) is 8.77. The maximum absolute atomic E-state index is 11.2. The fourth-order valence-electron chi connectivity index (χ4n) is 4.06. The maximum Gasteiger partial charge on any atom is 0.145 e. The lowest BCUT2D eigenvalue weighted by atomic mass is 9.99. The second-order valence-electron chi connectivity index (χ2n) is 9.08. The molecular weight excluding hydrogens is 354 g/mol. The van der Waals surface area contributed by atoms with Gasteiger partial charge in [0.15, 0.2) is 0 Å². The summed E-state index contributed by atoms with van der Waals surface area (Å²) in [7, 11) is 0. The first kappa shape index (κ1) is 28.2. The van der Waals surface area contributed by atoms with Gasteiger partial charge in [-0.25, -0.2) is 4.79 Å². The van der Waals surface area contributed by atoms with E-state index in [2.05, 4.69) is 32.0 Å². The molecule has 0 aliphatic rings. The molecule has 1 N–H and O–H groups in total. The molecule has 29 heavy (non-hydrogen) atoms. The van der Waals surface area contributed by atoms with Gasteiger partial charge in [0.05, 0.1) is 5.70 Å². The van der Waals surface area contributed by atoms with Crippen LogP contribution in [-0.2, 0) is 4.79 Å². The van der Waals surface area contributed by atoms with Crippen LogP contribution < -0.4 is 5.32 Å². The number of nitrogens with one attached hydrogen (secondary N) is 1. The molecule has 0 aromatic heterocycles. The second-order valence-corrected chi connectivity index (χ2v) is 9.08. The topological polar surface area (TPSA) is 29.1 Å². The van der Waals surface area contributed by atoms with Crippen molar-refractivity contribution in [2.45, 2.75) is 149 Å². The molecule has 0 bridgehead atoms. The average Bonchev–Trinajstić information content (AvgIpc) is 2.74. The van der Waals surface area contributed by atoms with Crippen molar-refractivity contribution in [3.63, 3.8) is 0 Å². The number of unbranched alkanes of at least 4 members (excludes halogenated alkanes) is 15. The zero-order valence-corrected chi connectivity index (χ0v) is 20.3. The van der Waals surface area contributed by atoms with Crippen LogP contribution in [0.2, 0.25) is 0 Å². The third kappa shape index (κ3) is 20.3. The van der Waals surface area contributed by atoms with Crippen molar-refractivity contribution in [2.24, 2.45) is 5.92 Å². The Balaban J connectivity index is 3.42. The Morgan fingerprint density at radius 3 is 1.52 bits per heavy atom. The molecule has 0 saturated heterocycles. The normalized spacial score (nSPS) is 12.0. The van der Waals surface area contributed by atoms with Crippen molar-refractivity contribution in [1.82, 2.24) is 5.32 Å². The molecule has 0 spiro atoms. The van der Waals surface area contributed by atoms with E-state index in [1.54, 1.807) is 0 Å². The van der Waals surface area contributed by atoms with Crippen LogP contribution in [0.5, 0.6) is 0 Å². The number of allylic oxidation sites excluding steroid dienone is 1. The summed E-state index contributed by atoms with van der Waals surface area (Å²) in [5, 5.41) is 3.37. The second kappa shape index (κ2) is 23.5. The fourth-order valence-corrected chi connectivity index (χ4v) is 4.06. The van der Waals surface area contributed by atoms with Gasteiger partial charge in [-0.1, -0.05) is 130 Å². The highest BCUT2D eigenvalue weighted by atomic mass is 16.1. The molecule has 0 rings (SSSR count). The maximum atomic E-state index is 11.2. The lowest BCUT2D eigenvalue weighted by Gasteiger charge is -2.16. The van der Waals surface area contributed by atoms with E-state index in [-0.39, 0.29) is 0 Å². The predicted molar refractivity (Wildman–Crippen MR) is 130 cm³/mol. The van der Waals surface area contributed by atoms with Gasteiger partial charge in [0.1, 0.15) is 5.94 Å². The minimum Gasteiger partial charge on any atom is -0.379 e. The van der Waals surface area contributed by atoms with E-state index in [9.17, 15) is 4.79 Å². The summed E-state index contributed by atoms with van der Waals surface area (Å²) in [6.45, 7) is 7.72. The van der Waals surface area contributed by atoms with Crippen LogP contribution in [0.25, 0.3) is 0 Å². The molecule has 2 heteroatoms. The monoisotopic (exact) mass is 407 g/mol. The van der Waals surface area contributed by atoms with Crippen molar-refractivity contribution >= 4 is 5.94 Å². The third-order valence-electron chi connectivity index (χ3n) is 6.30. The molecule has 0 aromatic carbocycles. The molecule has 0 radical (unpaired) electrons. The summed E-state index contributed by atoms with van der Waals surface area (Å²) in [6, 6.07) is 0. The van der Waals surface area contributed by atoms with Gasteiger partial charge in [0.2, 0.25) is 0 Å². The van der Waals surface area contributed by atoms with Gasteiger partial charge in [-0.2, -0.15) is 0 Å². The lowest BCUT2D eigenvalue weighted by molar-refractivity contribution is 0.431. The van der Waals surface area contributed by atoms with Crippen molar-refractivity contribution in [3.8, 4) is 0 Å². The third-order valence-corrected chi connectivity index (χ3v) is 6.30. The standard InChI is InChI=1S/C27H53NO/c1-4-7-9-10-11-12-13-14-15-16-17-18-19-20-21-23-27(25-29)28-24-26(6-3)22-8-5-2/h26,28H,4-24H2,1-3H3. The Bertz CT molecular complexity index is 373. The molecule has 0 aliphatic carbocycles. The van der Waals surface area contributed by atoms with E-state index in [1.165, 1.54) is 116 Å². The molecule has 0 saturated carbocycles. The molecule has 1 unspecified atom stereocenters. The molecule has 2 nitrogen and oxygen atoms in total. The molecule has 0 fully saturated rings. The van der Waals surface area contributed by atoms with E-state index in [4.69, 9.17) is 0 Å². The Kier molecular flexibility index (Phi) is 22.9. The number of carbonyl (C=O) groups excluding carboxylic acids is 1. The van der Waals surface area contributed by atoms with Crippen LogP contribution >= 0.6 is 0 Å². The van der Waals surface area contributed by atoms with Crippen LogP contribution in [0.1, 0.15) is 149 Å². The minimum atomic E-state index is 0.694. The van der Waals surface area contributed by atoms with Crippen molar-refractivity contribution in [3.05, 3.63) is 5.70 Å². The smallest absolute Gasteiger partial charge is 0.145 e. The minimum absolute atomic E-state index is 0.694. The highest BCUT2D eigenvalue weighted by Gasteiger charge is 2.07. The lowest BCUT2D eigenvalue weighted by Crippen LogP contribution is -2.22. The molecule has 1 atom stereocenters. The number of rotatable bonds is 23. The van der Waals surface area contributed by atoms with E-state index in [0.29, 0.717) is 5.92 Å². The first-order valence-corrected chi connectivity index (χ1v) is 13.3. The van der Waals surface area contributed by atoms with Gasteiger partial charge in [0, 0.05) is 6.54 Å². The van der Waals surface area contributed by atoms with Gasteiger partial charge in [-0.05, 0) is 25.2 Å². The van der Waals surface area contributed by atoms with Crippen molar-refractivity contribution in [1.29, 1.82) is 0 Å². The van der Waals surface area contributed by atoms with Gasteiger partial charge in [0.25, 0.3) is 0 Å². The Labute approximate surface area is 183 Å². The Morgan fingerprint density at radius 1 is 0.655 bits per heavy atom. The van der Waals surface area contributed by atoms with Crippen LogP contribution in [0.4, 0.5) is 0 Å².